The summed E-state index contributed by atoms with van der Waals surface area (Å²) in [6.07, 6.45) is 0. The van der Waals surface area contributed by atoms with Gasteiger partial charge in [0.25, 0.3) is 0 Å². The van der Waals surface area contributed by atoms with Gasteiger partial charge in [0.15, 0.2) is 0 Å². The Morgan fingerprint density at radius 2 is 1.71 bits per heavy atom. The van der Waals surface area contributed by atoms with Crippen molar-refractivity contribution in [3.63, 3.8) is 0 Å². The molecule has 2 aromatic carbocycles. The van der Waals surface area contributed by atoms with E-state index in [-0.39, 0.29) is 11.9 Å². The van der Waals surface area contributed by atoms with Crippen molar-refractivity contribution in [2.24, 2.45) is 0 Å². The second kappa shape index (κ2) is 7.49. The molecule has 1 atom stereocenters. The topological polar surface area (TPSA) is 35.6 Å². The van der Waals surface area contributed by atoms with Crippen LogP contribution >= 0.6 is 0 Å². The zero-order chi connectivity index (χ0) is 16.9. The minimum atomic E-state index is -0.120. The largest absolute Gasteiger partial charge is 0.369 e. The molecule has 126 valence electrons. The van der Waals surface area contributed by atoms with Crippen molar-refractivity contribution in [2.75, 3.05) is 36.4 Å². The standard InChI is InChI=1S/C20H25N3O/c1-16-7-6-10-19(15-16)23-13-11-22(12-14-23)17(2)20(24)21-18-8-4-3-5-9-18/h3-10,15,17H,11-14H2,1-2H3,(H,21,24)/t17-/m1/s1. The van der Waals surface area contributed by atoms with E-state index in [1.807, 2.05) is 37.3 Å². The number of anilines is 2. The number of nitrogens with zero attached hydrogens (tertiary/aromatic N) is 2. The van der Waals surface area contributed by atoms with Crippen LogP contribution in [0.4, 0.5) is 11.4 Å². The van der Waals surface area contributed by atoms with E-state index < -0.39 is 0 Å². The SMILES string of the molecule is Cc1cccc(N2CCN([C@H](C)C(=O)Nc3ccccc3)CC2)c1. The highest BCUT2D eigenvalue weighted by atomic mass is 16.2. The van der Waals surface area contributed by atoms with Crippen LogP contribution in [0.1, 0.15) is 12.5 Å². The molecule has 1 amide bonds. The van der Waals surface area contributed by atoms with Crippen LogP contribution in [-0.4, -0.2) is 43.0 Å². The molecule has 1 heterocycles. The van der Waals surface area contributed by atoms with Gasteiger partial charge in [-0.05, 0) is 43.7 Å². The summed E-state index contributed by atoms with van der Waals surface area (Å²) in [4.78, 5) is 17.1. The van der Waals surface area contributed by atoms with Crippen LogP contribution in [0.2, 0.25) is 0 Å². The van der Waals surface area contributed by atoms with Crippen LogP contribution in [0.25, 0.3) is 0 Å². The van der Waals surface area contributed by atoms with E-state index in [1.165, 1.54) is 11.3 Å². The Morgan fingerprint density at radius 1 is 1.00 bits per heavy atom. The lowest BCUT2D eigenvalue weighted by atomic mass is 10.1. The first-order chi connectivity index (χ1) is 11.6. The molecule has 1 fully saturated rings. The predicted octanol–water partition coefficient (Wildman–Crippen LogP) is 3.14. The Morgan fingerprint density at radius 3 is 2.38 bits per heavy atom. The number of hydrogen-bond donors (Lipinski definition) is 1. The normalized spacial score (nSPS) is 16.7. The van der Waals surface area contributed by atoms with Crippen molar-refractivity contribution in [1.82, 2.24) is 4.90 Å². The lowest BCUT2D eigenvalue weighted by Gasteiger charge is -2.38. The van der Waals surface area contributed by atoms with Crippen molar-refractivity contribution >= 4 is 17.3 Å². The van der Waals surface area contributed by atoms with Gasteiger partial charge in [-0.15, -0.1) is 0 Å². The Kier molecular flexibility index (Phi) is 5.16. The van der Waals surface area contributed by atoms with Gasteiger partial charge in [-0.1, -0.05) is 30.3 Å². The average Bonchev–Trinajstić information content (AvgIpc) is 2.62. The third-order valence-electron chi connectivity index (χ3n) is 4.65. The number of para-hydroxylation sites is 1. The molecule has 1 N–H and O–H groups in total. The molecule has 1 saturated heterocycles. The Bertz CT molecular complexity index is 678. The fourth-order valence-corrected chi connectivity index (χ4v) is 3.13. The number of piperazine rings is 1. The molecule has 0 radical (unpaired) electrons. The number of rotatable bonds is 4. The smallest absolute Gasteiger partial charge is 0.241 e. The van der Waals surface area contributed by atoms with Gasteiger partial charge < -0.3 is 10.2 Å². The summed E-state index contributed by atoms with van der Waals surface area (Å²) in [7, 11) is 0. The maximum absolute atomic E-state index is 12.4. The fraction of sp³-hybridized carbons (Fsp3) is 0.350. The summed E-state index contributed by atoms with van der Waals surface area (Å²) >= 11 is 0. The second-order valence-corrected chi connectivity index (χ2v) is 6.39. The van der Waals surface area contributed by atoms with E-state index in [4.69, 9.17) is 0 Å². The molecule has 0 aliphatic carbocycles. The number of hydrogen-bond acceptors (Lipinski definition) is 3. The second-order valence-electron chi connectivity index (χ2n) is 6.39. The van der Waals surface area contributed by atoms with E-state index in [9.17, 15) is 4.79 Å². The molecule has 0 unspecified atom stereocenters. The summed E-state index contributed by atoms with van der Waals surface area (Å²) < 4.78 is 0. The summed E-state index contributed by atoms with van der Waals surface area (Å²) in [5.41, 5.74) is 3.41. The molecule has 1 aliphatic rings. The first kappa shape index (κ1) is 16.5. The molecule has 0 bridgehead atoms. The lowest BCUT2D eigenvalue weighted by molar-refractivity contribution is -0.120. The van der Waals surface area contributed by atoms with E-state index in [0.29, 0.717) is 0 Å². The molecule has 0 spiro atoms. The minimum absolute atomic E-state index is 0.0604. The van der Waals surface area contributed by atoms with Gasteiger partial charge in [-0.3, -0.25) is 9.69 Å². The molecular weight excluding hydrogens is 298 g/mol. The molecule has 4 nitrogen and oxygen atoms in total. The number of carbonyl (C=O) groups is 1. The molecular formula is C20H25N3O. The van der Waals surface area contributed by atoms with E-state index in [2.05, 4.69) is 46.3 Å². The number of amides is 1. The highest BCUT2D eigenvalue weighted by molar-refractivity contribution is 5.94. The van der Waals surface area contributed by atoms with Gasteiger partial charge in [0.2, 0.25) is 5.91 Å². The monoisotopic (exact) mass is 323 g/mol. The van der Waals surface area contributed by atoms with Crippen LogP contribution in [0.3, 0.4) is 0 Å². The predicted molar refractivity (Wildman–Crippen MR) is 99.5 cm³/mol. The summed E-state index contributed by atoms with van der Waals surface area (Å²) in [5, 5.41) is 3.00. The molecule has 4 heteroatoms. The zero-order valence-corrected chi connectivity index (χ0v) is 14.4. The molecule has 1 aliphatic heterocycles. The Balaban J connectivity index is 1.55. The van der Waals surface area contributed by atoms with Gasteiger partial charge in [0, 0.05) is 37.6 Å². The van der Waals surface area contributed by atoms with Gasteiger partial charge in [-0.25, -0.2) is 0 Å². The zero-order valence-electron chi connectivity index (χ0n) is 14.4. The summed E-state index contributed by atoms with van der Waals surface area (Å²) in [6.45, 7) is 7.81. The fourth-order valence-electron chi connectivity index (χ4n) is 3.13. The van der Waals surface area contributed by atoms with E-state index >= 15 is 0 Å². The van der Waals surface area contributed by atoms with Crippen molar-refractivity contribution in [1.29, 1.82) is 0 Å². The van der Waals surface area contributed by atoms with E-state index in [0.717, 1.165) is 31.9 Å². The highest BCUT2D eigenvalue weighted by Gasteiger charge is 2.25. The third kappa shape index (κ3) is 3.95. The summed E-state index contributed by atoms with van der Waals surface area (Å²) in [6, 6.07) is 18.1. The molecule has 0 saturated carbocycles. The number of carbonyl (C=O) groups excluding carboxylic acids is 1. The van der Waals surface area contributed by atoms with Gasteiger partial charge >= 0.3 is 0 Å². The minimum Gasteiger partial charge on any atom is -0.369 e. The van der Waals surface area contributed by atoms with Crippen LogP contribution in [-0.2, 0) is 4.79 Å². The Hall–Kier alpha value is -2.33. The van der Waals surface area contributed by atoms with Gasteiger partial charge in [0.1, 0.15) is 0 Å². The van der Waals surface area contributed by atoms with Gasteiger partial charge in [0.05, 0.1) is 6.04 Å². The first-order valence-electron chi connectivity index (χ1n) is 8.55. The van der Waals surface area contributed by atoms with Crippen molar-refractivity contribution < 1.29 is 4.79 Å². The highest BCUT2D eigenvalue weighted by Crippen LogP contribution is 2.19. The van der Waals surface area contributed by atoms with Crippen LogP contribution in [0, 0.1) is 6.92 Å². The quantitative estimate of drug-likeness (QED) is 0.939. The number of nitrogens with one attached hydrogen (secondary N) is 1. The molecule has 24 heavy (non-hydrogen) atoms. The van der Waals surface area contributed by atoms with Crippen molar-refractivity contribution in [3.8, 4) is 0 Å². The Labute approximate surface area is 144 Å². The lowest BCUT2D eigenvalue weighted by Crippen LogP contribution is -2.52. The maximum atomic E-state index is 12.4. The first-order valence-corrected chi connectivity index (χ1v) is 8.55. The van der Waals surface area contributed by atoms with Crippen molar-refractivity contribution in [2.45, 2.75) is 19.9 Å². The number of benzene rings is 2. The third-order valence-corrected chi connectivity index (χ3v) is 4.65. The van der Waals surface area contributed by atoms with Crippen LogP contribution in [0.15, 0.2) is 54.6 Å². The molecule has 3 rings (SSSR count). The van der Waals surface area contributed by atoms with Crippen molar-refractivity contribution in [3.05, 3.63) is 60.2 Å². The average molecular weight is 323 g/mol. The van der Waals surface area contributed by atoms with Crippen LogP contribution < -0.4 is 10.2 Å². The molecule has 2 aromatic rings. The summed E-state index contributed by atoms with van der Waals surface area (Å²) in [5.74, 6) is 0.0604. The molecule has 0 aromatic heterocycles. The number of aryl methyl sites for hydroxylation is 1. The van der Waals surface area contributed by atoms with Gasteiger partial charge in [-0.2, -0.15) is 0 Å². The van der Waals surface area contributed by atoms with E-state index in [1.54, 1.807) is 0 Å². The maximum Gasteiger partial charge on any atom is 0.241 e. The van der Waals surface area contributed by atoms with Crippen LogP contribution in [0.5, 0.6) is 0 Å².